The Morgan fingerprint density at radius 1 is 1.43 bits per heavy atom. The minimum absolute atomic E-state index is 0.293. The SMILES string of the molecule is Cc1cc(C)c(C(=O)/C=C(\NCCO)C(F)(F)F)c(=O)[nH]1. The van der Waals surface area contributed by atoms with E-state index in [1.54, 1.807) is 6.92 Å². The molecule has 0 atom stereocenters. The van der Waals surface area contributed by atoms with Gasteiger partial charge >= 0.3 is 6.18 Å². The van der Waals surface area contributed by atoms with Crippen molar-refractivity contribution in [3.8, 4) is 0 Å². The number of aliphatic hydroxyl groups is 1. The van der Waals surface area contributed by atoms with Crippen LogP contribution < -0.4 is 10.9 Å². The summed E-state index contributed by atoms with van der Waals surface area (Å²) in [6, 6.07) is 1.50. The van der Waals surface area contributed by atoms with E-state index in [2.05, 4.69) is 4.98 Å². The Morgan fingerprint density at radius 3 is 2.52 bits per heavy atom. The highest BCUT2D eigenvalue weighted by molar-refractivity contribution is 6.05. The van der Waals surface area contributed by atoms with E-state index >= 15 is 0 Å². The molecule has 1 aromatic rings. The number of aromatic nitrogens is 1. The maximum atomic E-state index is 12.7. The van der Waals surface area contributed by atoms with E-state index in [1.807, 2.05) is 5.32 Å². The highest BCUT2D eigenvalue weighted by atomic mass is 19.4. The molecule has 21 heavy (non-hydrogen) atoms. The van der Waals surface area contributed by atoms with Crippen molar-refractivity contribution < 1.29 is 23.1 Å². The Labute approximate surface area is 118 Å². The van der Waals surface area contributed by atoms with Crippen LogP contribution in [0, 0.1) is 13.8 Å². The van der Waals surface area contributed by atoms with Gasteiger partial charge in [0.25, 0.3) is 5.56 Å². The number of rotatable bonds is 5. The van der Waals surface area contributed by atoms with Crippen molar-refractivity contribution in [2.75, 3.05) is 13.2 Å². The Hall–Kier alpha value is -2.09. The lowest BCUT2D eigenvalue weighted by Crippen LogP contribution is -2.30. The van der Waals surface area contributed by atoms with Gasteiger partial charge in [0.05, 0.1) is 12.2 Å². The fourth-order valence-corrected chi connectivity index (χ4v) is 1.79. The van der Waals surface area contributed by atoms with E-state index in [0.717, 1.165) is 0 Å². The highest BCUT2D eigenvalue weighted by Gasteiger charge is 2.34. The smallest absolute Gasteiger partial charge is 0.395 e. The zero-order chi connectivity index (χ0) is 16.2. The number of hydrogen-bond donors (Lipinski definition) is 3. The van der Waals surface area contributed by atoms with Crippen LogP contribution in [0.5, 0.6) is 0 Å². The molecule has 0 bridgehead atoms. The number of H-pyrrole nitrogens is 1. The maximum Gasteiger partial charge on any atom is 0.431 e. The van der Waals surface area contributed by atoms with Crippen LogP contribution in [0.25, 0.3) is 0 Å². The van der Waals surface area contributed by atoms with Gasteiger partial charge in [-0.15, -0.1) is 0 Å². The van der Waals surface area contributed by atoms with E-state index in [4.69, 9.17) is 5.11 Å². The third-order valence-electron chi connectivity index (χ3n) is 2.62. The minimum Gasteiger partial charge on any atom is -0.395 e. The second-order valence-corrected chi connectivity index (χ2v) is 4.41. The van der Waals surface area contributed by atoms with E-state index < -0.39 is 29.8 Å². The second-order valence-electron chi connectivity index (χ2n) is 4.41. The van der Waals surface area contributed by atoms with Crippen LogP contribution in [0.1, 0.15) is 21.6 Å². The first kappa shape index (κ1) is 17.0. The summed E-state index contributed by atoms with van der Waals surface area (Å²) in [4.78, 5) is 26.0. The number of aliphatic hydroxyl groups excluding tert-OH is 1. The Morgan fingerprint density at radius 2 is 2.05 bits per heavy atom. The molecule has 1 rings (SSSR count). The lowest BCUT2D eigenvalue weighted by atomic mass is 10.1. The molecule has 0 amide bonds. The molecule has 0 fully saturated rings. The summed E-state index contributed by atoms with van der Waals surface area (Å²) in [7, 11) is 0. The van der Waals surface area contributed by atoms with Crippen molar-refractivity contribution in [2.24, 2.45) is 0 Å². The van der Waals surface area contributed by atoms with Gasteiger partial charge in [0.15, 0.2) is 5.78 Å². The van der Waals surface area contributed by atoms with Gasteiger partial charge in [-0.25, -0.2) is 0 Å². The maximum absolute atomic E-state index is 12.7. The summed E-state index contributed by atoms with van der Waals surface area (Å²) in [5.41, 5.74) is -1.58. The average molecular weight is 304 g/mol. The Balaban J connectivity index is 3.23. The topological polar surface area (TPSA) is 82.2 Å². The number of alkyl halides is 3. The fraction of sp³-hybridized carbons (Fsp3) is 0.385. The number of halogens is 3. The van der Waals surface area contributed by atoms with Gasteiger partial charge in [-0.2, -0.15) is 13.2 Å². The molecule has 0 aliphatic carbocycles. The van der Waals surface area contributed by atoms with Crippen LogP contribution in [0.3, 0.4) is 0 Å². The van der Waals surface area contributed by atoms with Crippen molar-refractivity contribution in [1.82, 2.24) is 10.3 Å². The molecule has 0 aromatic carbocycles. The Kier molecular flexibility index (Phi) is 5.31. The average Bonchev–Trinajstić information content (AvgIpc) is 2.31. The molecular weight excluding hydrogens is 289 g/mol. The molecule has 1 heterocycles. The highest BCUT2D eigenvalue weighted by Crippen LogP contribution is 2.23. The van der Waals surface area contributed by atoms with Gasteiger partial charge in [-0.05, 0) is 25.5 Å². The van der Waals surface area contributed by atoms with Crippen LogP contribution >= 0.6 is 0 Å². The molecule has 0 unspecified atom stereocenters. The van der Waals surface area contributed by atoms with Crippen LogP contribution in [-0.2, 0) is 0 Å². The summed E-state index contributed by atoms with van der Waals surface area (Å²) >= 11 is 0. The molecule has 8 heteroatoms. The third kappa shape index (κ3) is 4.45. The minimum atomic E-state index is -4.78. The lowest BCUT2D eigenvalue weighted by molar-refractivity contribution is -0.0969. The van der Waals surface area contributed by atoms with Gasteiger partial charge in [0.1, 0.15) is 5.70 Å². The summed E-state index contributed by atoms with van der Waals surface area (Å²) < 4.78 is 38.2. The number of carbonyl (C=O) groups is 1. The predicted molar refractivity (Wildman–Crippen MR) is 70.1 cm³/mol. The number of carbonyl (C=O) groups excluding carboxylic acids is 1. The second kappa shape index (κ2) is 6.57. The molecule has 0 saturated heterocycles. The third-order valence-corrected chi connectivity index (χ3v) is 2.62. The molecule has 1 aromatic heterocycles. The molecule has 0 aliphatic rings. The number of hydrogen-bond acceptors (Lipinski definition) is 4. The number of aryl methyl sites for hydroxylation is 2. The molecule has 0 saturated carbocycles. The van der Waals surface area contributed by atoms with Crippen molar-refractivity contribution in [1.29, 1.82) is 0 Å². The van der Waals surface area contributed by atoms with Crippen molar-refractivity contribution in [2.45, 2.75) is 20.0 Å². The van der Waals surface area contributed by atoms with Crippen molar-refractivity contribution in [3.05, 3.63) is 45.0 Å². The van der Waals surface area contributed by atoms with Crippen LogP contribution in [-0.4, -0.2) is 35.2 Å². The summed E-state index contributed by atoms with van der Waals surface area (Å²) in [6.07, 6.45) is -4.46. The number of aromatic amines is 1. The first-order chi connectivity index (χ1) is 9.66. The predicted octanol–water partition coefficient (Wildman–Crippen LogP) is 1.20. The monoisotopic (exact) mass is 304 g/mol. The normalized spacial score (nSPS) is 12.4. The van der Waals surface area contributed by atoms with Gasteiger partial charge in [0, 0.05) is 18.3 Å². The van der Waals surface area contributed by atoms with E-state index in [9.17, 15) is 22.8 Å². The van der Waals surface area contributed by atoms with Gasteiger partial charge in [-0.1, -0.05) is 0 Å². The summed E-state index contributed by atoms with van der Waals surface area (Å²) in [5.74, 6) is -1.05. The molecule has 5 nitrogen and oxygen atoms in total. The lowest BCUT2D eigenvalue weighted by Gasteiger charge is -2.13. The largest absolute Gasteiger partial charge is 0.431 e. The first-order valence-corrected chi connectivity index (χ1v) is 6.05. The molecule has 0 spiro atoms. The van der Waals surface area contributed by atoms with Gasteiger partial charge in [0.2, 0.25) is 0 Å². The zero-order valence-corrected chi connectivity index (χ0v) is 11.5. The summed E-state index contributed by atoms with van der Waals surface area (Å²) in [6.45, 7) is 2.19. The molecular formula is C13H15F3N2O3. The number of allylic oxidation sites excluding steroid dienone is 2. The van der Waals surface area contributed by atoms with Crippen molar-refractivity contribution in [3.63, 3.8) is 0 Å². The fourth-order valence-electron chi connectivity index (χ4n) is 1.79. The molecule has 116 valence electrons. The Bertz CT molecular complexity index is 618. The number of pyridine rings is 1. The molecule has 0 radical (unpaired) electrons. The van der Waals surface area contributed by atoms with E-state index in [-0.39, 0.29) is 12.1 Å². The van der Waals surface area contributed by atoms with E-state index in [0.29, 0.717) is 17.3 Å². The van der Waals surface area contributed by atoms with E-state index in [1.165, 1.54) is 13.0 Å². The van der Waals surface area contributed by atoms with Crippen molar-refractivity contribution >= 4 is 5.78 Å². The number of ketones is 1. The molecule has 0 aliphatic heterocycles. The number of nitrogens with one attached hydrogen (secondary N) is 2. The van der Waals surface area contributed by atoms with Gasteiger partial charge in [-0.3, -0.25) is 9.59 Å². The summed E-state index contributed by atoms with van der Waals surface area (Å²) in [5, 5.41) is 10.5. The standard InChI is InChI=1S/C13H15F3N2O3/c1-7-5-8(2)18-12(21)11(7)9(20)6-10(13(14,15)16)17-3-4-19/h5-6,17,19H,3-4H2,1-2H3,(H,18,21)/b10-6-. The zero-order valence-electron chi connectivity index (χ0n) is 11.5. The van der Waals surface area contributed by atoms with Crippen LogP contribution in [0.4, 0.5) is 13.2 Å². The molecule has 3 N–H and O–H groups in total. The van der Waals surface area contributed by atoms with Crippen LogP contribution in [0.2, 0.25) is 0 Å². The van der Waals surface area contributed by atoms with Gasteiger partial charge < -0.3 is 15.4 Å². The van der Waals surface area contributed by atoms with Crippen LogP contribution in [0.15, 0.2) is 22.6 Å². The first-order valence-electron chi connectivity index (χ1n) is 6.05. The quantitative estimate of drug-likeness (QED) is 0.564.